The number of hydrogen-bond acceptors (Lipinski definition) is 3. The molecule has 20 heavy (non-hydrogen) atoms. The Hall–Kier alpha value is -1.74. The van der Waals surface area contributed by atoms with Crippen LogP contribution in [-0.4, -0.2) is 18.0 Å². The highest BCUT2D eigenvalue weighted by Gasteiger charge is 2.20. The molecule has 0 saturated heterocycles. The fraction of sp³-hybridized carbons (Fsp3) is 0.235. The maximum atomic E-state index is 4.71. The van der Waals surface area contributed by atoms with E-state index in [1.807, 2.05) is 0 Å². The minimum Gasteiger partial charge on any atom is -0.335 e. The Kier molecular flexibility index (Phi) is 3.79. The van der Waals surface area contributed by atoms with Crippen LogP contribution in [0.15, 0.2) is 53.5 Å². The molecule has 0 aromatic heterocycles. The van der Waals surface area contributed by atoms with Crippen LogP contribution in [0, 0.1) is 6.92 Å². The number of fused-ring (bicyclic) bond motifs is 1. The van der Waals surface area contributed by atoms with Crippen molar-refractivity contribution >= 4 is 22.6 Å². The number of benzene rings is 2. The minimum atomic E-state index is 0.322. The summed E-state index contributed by atoms with van der Waals surface area (Å²) >= 11 is 1.66. The number of thioether (sulfide) groups is 1. The Morgan fingerprint density at radius 1 is 1.15 bits per heavy atom. The highest BCUT2D eigenvalue weighted by atomic mass is 32.2. The second-order valence-electron chi connectivity index (χ2n) is 5.03. The summed E-state index contributed by atoms with van der Waals surface area (Å²) in [7, 11) is 0. The maximum absolute atomic E-state index is 4.71. The molecule has 1 unspecified atom stereocenters. The summed E-state index contributed by atoms with van der Waals surface area (Å²) in [5.41, 5.74) is 5.13. The van der Waals surface area contributed by atoms with Crippen molar-refractivity contribution in [2.45, 2.75) is 12.8 Å². The molecule has 0 spiro atoms. The van der Waals surface area contributed by atoms with Crippen LogP contribution < -0.4 is 5.32 Å². The normalized spacial score (nSPS) is 17.7. The molecule has 1 atom stereocenters. The van der Waals surface area contributed by atoms with E-state index in [1.54, 1.807) is 11.8 Å². The Morgan fingerprint density at radius 2 is 2.00 bits per heavy atom. The molecule has 1 N–H and O–H groups in total. The monoisotopic (exact) mass is 282 g/mol. The molecule has 2 aromatic rings. The number of aryl methyl sites for hydroxylation is 1. The Bertz CT molecular complexity index is 649. The molecule has 2 nitrogen and oxygen atoms in total. The molecule has 2 aromatic carbocycles. The smallest absolute Gasteiger partial charge is 0.160 e. The first-order chi connectivity index (χ1) is 9.78. The van der Waals surface area contributed by atoms with Gasteiger partial charge in [-0.05, 0) is 30.4 Å². The standard InChI is InChI=1S/C17H18N2S/c1-12-6-5-7-13(10-12)15-11-18-17(20-2)19-16-9-4-3-8-14(15)16/h3-10,15H,11H2,1-2H3,(H,18,19). The van der Waals surface area contributed by atoms with Crippen molar-refractivity contribution in [2.24, 2.45) is 4.99 Å². The summed E-state index contributed by atoms with van der Waals surface area (Å²) in [5.74, 6) is 0.322. The van der Waals surface area contributed by atoms with Crippen LogP contribution in [0.5, 0.6) is 0 Å². The summed E-state index contributed by atoms with van der Waals surface area (Å²) in [6.07, 6.45) is 2.06. The Labute approximate surface area is 124 Å². The topological polar surface area (TPSA) is 24.4 Å². The van der Waals surface area contributed by atoms with Crippen LogP contribution in [-0.2, 0) is 0 Å². The van der Waals surface area contributed by atoms with Crippen LogP contribution in [0.25, 0.3) is 0 Å². The predicted octanol–water partition coefficient (Wildman–Crippen LogP) is 4.27. The third-order valence-corrected chi connectivity index (χ3v) is 4.25. The number of para-hydroxylation sites is 1. The quantitative estimate of drug-likeness (QED) is 0.844. The van der Waals surface area contributed by atoms with Crippen LogP contribution in [0.2, 0.25) is 0 Å². The molecule has 0 aliphatic carbocycles. The van der Waals surface area contributed by atoms with Crippen LogP contribution in [0.4, 0.5) is 5.69 Å². The van der Waals surface area contributed by atoms with E-state index in [2.05, 4.69) is 67.0 Å². The van der Waals surface area contributed by atoms with E-state index in [-0.39, 0.29) is 0 Å². The number of amidine groups is 1. The summed E-state index contributed by atoms with van der Waals surface area (Å²) in [6.45, 7) is 2.94. The van der Waals surface area contributed by atoms with Crippen LogP contribution in [0.1, 0.15) is 22.6 Å². The van der Waals surface area contributed by atoms with E-state index in [0.29, 0.717) is 5.92 Å². The van der Waals surface area contributed by atoms with Gasteiger partial charge < -0.3 is 5.32 Å². The fourth-order valence-corrected chi connectivity index (χ4v) is 3.05. The zero-order chi connectivity index (χ0) is 13.9. The molecular weight excluding hydrogens is 264 g/mol. The first-order valence-corrected chi connectivity index (χ1v) is 8.01. The highest BCUT2D eigenvalue weighted by Crippen LogP contribution is 2.33. The lowest BCUT2D eigenvalue weighted by atomic mass is 9.89. The molecule has 1 heterocycles. The van der Waals surface area contributed by atoms with Gasteiger partial charge in [-0.3, -0.25) is 4.99 Å². The molecule has 102 valence electrons. The average Bonchev–Trinajstić information content (AvgIpc) is 2.66. The van der Waals surface area contributed by atoms with Crippen molar-refractivity contribution < 1.29 is 0 Å². The van der Waals surface area contributed by atoms with E-state index in [9.17, 15) is 0 Å². The van der Waals surface area contributed by atoms with Gasteiger partial charge in [0.05, 0.1) is 6.54 Å². The largest absolute Gasteiger partial charge is 0.335 e. The van der Waals surface area contributed by atoms with Gasteiger partial charge in [-0.2, -0.15) is 0 Å². The first kappa shape index (κ1) is 13.3. The first-order valence-electron chi connectivity index (χ1n) is 6.79. The number of rotatable bonds is 1. The van der Waals surface area contributed by atoms with Crippen LogP contribution >= 0.6 is 11.8 Å². The van der Waals surface area contributed by atoms with E-state index >= 15 is 0 Å². The van der Waals surface area contributed by atoms with Gasteiger partial charge in [0, 0.05) is 11.6 Å². The third kappa shape index (κ3) is 2.59. The SMILES string of the molecule is CSC1=NCC(c2cccc(C)c2)c2ccccc2N1. The van der Waals surface area contributed by atoms with Crippen molar-refractivity contribution in [3.05, 3.63) is 65.2 Å². The molecule has 0 radical (unpaired) electrons. The van der Waals surface area contributed by atoms with Crippen molar-refractivity contribution in [2.75, 3.05) is 18.1 Å². The fourth-order valence-electron chi connectivity index (χ4n) is 2.63. The highest BCUT2D eigenvalue weighted by molar-refractivity contribution is 8.13. The average molecular weight is 282 g/mol. The molecule has 1 aliphatic heterocycles. The molecule has 0 amide bonds. The Balaban J connectivity index is 2.08. The summed E-state index contributed by atoms with van der Waals surface area (Å²) in [6, 6.07) is 17.2. The summed E-state index contributed by atoms with van der Waals surface area (Å²) < 4.78 is 0. The van der Waals surface area contributed by atoms with Gasteiger partial charge in [0.1, 0.15) is 0 Å². The predicted molar refractivity (Wildman–Crippen MR) is 88.9 cm³/mol. The van der Waals surface area contributed by atoms with Crippen molar-refractivity contribution in [3.8, 4) is 0 Å². The van der Waals surface area contributed by atoms with E-state index < -0.39 is 0 Å². The summed E-state index contributed by atoms with van der Waals surface area (Å²) in [4.78, 5) is 4.71. The lowest BCUT2D eigenvalue weighted by Crippen LogP contribution is -2.06. The van der Waals surface area contributed by atoms with Gasteiger partial charge >= 0.3 is 0 Å². The number of nitrogens with one attached hydrogen (secondary N) is 1. The van der Waals surface area contributed by atoms with Crippen LogP contribution in [0.3, 0.4) is 0 Å². The lowest BCUT2D eigenvalue weighted by molar-refractivity contribution is 0.829. The van der Waals surface area contributed by atoms with E-state index in [0.717, 1.165) is 11.7 Å². The number of hydrogen-bond donors (Lipinski definition) is 1. The van der Waals surface area contributed by atoms with Gasteiger partial charge in [0.25, 0.3) is 0 Å². The third-order valence-electron chi connectivity index (χ3n) is 3.63. The van der Waals surface area contributed by atoms with E-state index in [1.165, 1.54) is 22.4 Å². The second-order valence-corrected chi connectivity index (χ2v) is 5.82. The van der Waals surface area contributed by atoms with Gasteiger partial charge in [-0.15, -0.1) is 0 Å². The molecule has 3 heteroatoms. The van der Waals surface area contributed by atoms with Crippen molar-refractivity contribution in [1.29, 1.82) is 0 Å². The zero-order valence-corrected chi connectivity index (χ0v) is 12.6. The number of aliphatic imine (C=N–C) groups is 1. The lowest BCUT2D eigenvalue weighted by Gasteiger charge is -2.17. The molecule has 0 bridgehead atoms. The number of nitrogens with zero attached hydrogens (tertiary/aromatic N) is 1. The van der Waals surface area contributed by atoms with Gasteiger partial charge in [-0.25, -0.2) is 0 Å². The maximum Gasteiger partial charge on any atom is 0.160 e. The van der Waals surface area contributed by atoms with Gasteiger partial charge in [0.15, 0.2) is 5.17 Å². The molecule has 3 rings (SSSR count). The second kappa shape index (κ2) is 5.71. The Morgan fingerprint density at radius 3 is 2.80 bits per heavy atom. The zero-order valence-electron chi connectivity index (χ0n) is 11.8. The molecule has 0 fully saturated rings. The summed E-state index contributed by atoms with van der Waals surface area (Å²) in [5, 5.41) is 4.43. The van der Waals surface area contributed by atoms with Crippen molar-refractivity contribution in [1.82, 2.24) is 0 Å². The van der Waals surface area contributed by atoms with Crippen molar-refractivity contribution in [3.63, 3.8) is 0 Å². The van der Waals surface area contributed by atoms with Gasteiger partial charge in [-0.1, -0.05) is 59.8 Å². The molecule has 1 aliphatic rings. The number of anilines is 1. The molecule has 0 saturated carbocycles. The minimum absolute atomic E-state index is 0.322. The van der Waals surface area contributed by atoms with Gasteiger partial charge in [0.2, 0.25) is 0 Å². The van der Waals surface area contributed by atoms with E-state index in [4.69, 9.17) is 4.99 Å². The molecular formula is C17H18N2S.